The van der Waals surface area contributed by atoms with E-state index in [1.165, 1.54) is 12.0 Å². The van der Waals surface area contributed by atoms with Gasteiger partial charge in [-0.25, -0.2) is 0 Å². The standard InChI is InChI=1S/C12H15N3O/c1-9(10-5-3-2-4-6-10)7-11(13)12-14-8-16-15-12/h2-6,8-9,11H,7,13H2,1H3. The zero-order valence-corrected chi connectivity index (χ0v) is 9.21. The molecule has 0 spiro atoms. The molecule has 0 bridgehead atoms. The van der Waals surface area contributed by atoms with Crippen LogP contribution in [0.25, 0.3) is 0 Å². The summed E-state index contributed by atoms with van der Waals surface area (Å²) in [6, 6.07) is 10.1. The van der Waals surface area contributed by atoms with E-state index in [4.69, 9.17) is 5.73 Å². The highest BCUT2D eigenvalue weighted by atomic mass is 16.5. The fraction of sp³-hybridized carbons (Fsp3) is 0.333. The van der Waals surface area contributed by atoms with E-state index >= 15 is 0 Å². The van der Waals surface area contributed by atoms with Gasteiger partial charge in [-0.15, -0.1) is 0 Å². The lowest BCUT2D eigenvalue weighted by atomic mass is 9.94. The molecule has 16 heavy (non-hydrogen) atoms. The summed E-state index contributed by atoms with van der Waals surface area (Å²) < 4.78 is 4.68. The first kappa shape index (κ1) is 10.8. The normalized spacial score (nSPS) is 14.6. The monoisotopic (exact) mass is 217 g/mol. The molecule has 0 aliphatic carbocycles. The van der Waals surface area contributed by atoms with Crippen molar-refractivity contribution in [2.24, 2.45) is 5.73 Å². The maximum Gasteiger partial charge on any atom is 0.213 e. The minimum absolute atomic E-state index is 0.172. The highest BCUT2D eigenvalue weighted by Crippen LogP contribution is 2.24. The lowest BCUT2D eigenvalue weighted by molar-refractivity contribution is 0.400. The lowest BCUT2D eigenvalue weighted by Gasteiger charge is -2.14. The van der Waals surface area contributed by atoms with Crippen LogP contribution < -0.4 is 5.73 Å². The number of nitrogens with two attached hydrogens (primary N) is 1. The Balaban J connectivity index is 2.00. The van der Waals surface area contributed by atoms with Crippen LogP contribution in [-0.4, -0.2) is 10.1 Å². The predicted octanol–water partition coefficient (Wildman–Crippen LogP) is 2.26. The fourth-order valence-electron chi connectivity index (χ4n) is 1.75. The molecule has 0 fully saturated rings. The number of rotatable bonds is 4. The van der Waals surface area contributed by atoms with Crippen molar-refractivity contribution in [3.63, 3.8) is 0 Å². The lowest BCUT2D eigenvalue weighted by Crippen LogP contribution is -2.14. The molecule has 0 aliphatic heterocycles. The number of nitrogens with zero attached hydrogens (tertiary/aromatic N) is 2. The Morgan fingerprint density at radius 1 is 1.31 bits per heavy atom. The first-order valence-electron chi connectivity index (χ1n) is 5.34. The van der Waals surface area contributed by atoms with E-state index in [1.807, 2.05) is 18.2 Å². The molecular formula is C12H15N3O. The van der Waals surface area contributed by atoms with Gasteiger partial charge in [0.15, 0.2) is 5.82 Å². The Labute approximate surface area is 94.5 Å². The number of benzene rings is 1. The summed E-state index contributed by atoms with van der Waals surface area (Å²) in [5.74, 6) is 0.956. The second kappa shape index (κ2) is 4.90. The van der Waals surface area contributed by atoms with Gasteiger partial charge in [0.1, 0.15) is 0 Å². The molecule has 1 aromatic heterocycles. The van der Waals surface area contributed by atoms with Gasteiger partial charge in [-0.1, -0.05) is 42.4 Å². The summed E-state index contributed by atoms with van der Waals surface area (Å²) in [6.45, 7) is 2.15. The van der Waals surface area contributed by atoms with Gasteiger partial charge < -0.3 is 10.3 Å². The van der Waals surface area contributed by atoms with E-state index in [1.54, 1.807) is 0 Å². The van der Waals surface area contributed by atoms with Crippen molar-refractivity contribution >= 4 is 0 Å². The molecule has 0 aliphatic rings. The molecule has 4 nitrogen and oxygen atoms in total. The van der Waals surface area contributed by atoms with E-state index in [0.717, 1.165) is 6.42 Å². The van der Waals surface area contributed by atoms with Gasteiger partial charge in [0.2, 0.25) is 6.39 Å². The van der Waals surface area contributed by atoms with E-state index in [2.05, 4.69) is 33.7 Å². The minimum atomic E-state index is -0.172. The van der Waals surface area contributed by atoms with Crippen LogP contribution in [0.15, 0.2) is 41.2 Å². The first-order valence-corrected chi connectivity index (χ1v) is 5.34. The molecule has 2 atom stereocenters. The molecule has 0 saturated heterocycles. The Hall–Kier alpha value is -1.68. The molecule has 0 amide bonds. The molecule has 2 rings (SSSR count). The van der Waals surface area contributed by atoms with Gasteiger partial charge in [-0.3, -0.25) is 0 Å². The van der Waals surface area contributed by atoms with Gasteiger partial charge in [-0.2, -0.15) is 4.98 Å². The molecule has 0 saturated carbocycles. The van der Waals surface area contributed by atoms with Gasteiger partial charge in [-0.05, 0) is 17.9 Å². The number of hydrogen-bond donors (Lipinski definition) is 1. The highest BCUT2D eigenvalue weighted by Gasteiger charge is 2.15. The first-order chi connectivity index (χ1) is 7.77. The minimum Gasteiger partial charge on any atom is -0.343 e. The Morgan fingerprint density at radius 3 is 2.69 bits per heavy atom. The summed E-state index contributed by atoms with van der Waals surface area (Å²) in [4.78, 5) is 3.96. The zero-order chi connectivity index (χ0) is 11.4. The summed E-state index contributed by atoms with van der Waals surface area (Å²) in [5, 5.41) is 3.75. The molecule has 0 radical (unpaired) electrons. The molecule has 4 heteroatoms. The van der Waals surface area contributed by atoms with Gasteiger partial charge in [0, 0.05) is 0 Å². The van der Waals surface area contributed by atoms with Gasteiger partial charge in [0.05, 0.1) is 6.04 Å². The number of hydrogen-bond acceptors (Lipinski definition) is 4. The second-order valence-corrected chi connectivity index (χ2v) is 3.94. The third-order valence-electron chi connectivity index (χ3n) is 2.69. The Kier molecular flexibility index (Phi) is 3.31. The maximum absolute atomic E-state index is 5.99. The van der Waals surface area contributed by atoms with Crippen molar-refractivity contribution in [1.82, 2.24) is 10.1 Å². The van der Waals surface area contributed by atoms with Gasteiger partial charge >= 0.3 is 0 Å². The van der Waals surface area contributed by atoms with Crippen LogP contribution in [-0.2, 0) is 0 Å². The summed E-state index contributed by atoms with van der Waals surface area (Å²) in [7, 11) is 0. The van der Waals surface area contributed by atoms with Crippen molar-refractivity contribution in [1.29, 1.82) is 0 Å². The van der Waals surface area contributed by atoms with Gasteiger partial charge in [0.25, 0.3) is 0 Å². The summed E-state index contributed by atoms with van der Waals surface area (Å²) in [6.07, 6.45) is 2.12. The summed E-state index contributed by atoms with van der Waals surface area (Å²) >= 11 is 0. The van der Waals surface area contributed by atoms with Crippen LogP contribution in [0.2, 0.25) is 0 Å². The quantitative estimate of drug-likeness (QED) is 0.853. The van der Waals surface area contributed by atoms with Crippen molar-refractivity contribution in [2.75, 3.05) is 0 Å². The molecule has 1 aromatic carbocycles. The highest BCUT2D eigenvalue weighted by molar-refractivity contribution is 5.19. The predicted molar refractivity (Wildman–Crippen MR) is 60.7 cm³/mol. The van der Waals surface area contributed by atoms with Crippen LogP contribution in [0.1, 0.15) is 36.7 Å². The van der Waals surface area contributed by atoms with Crippen molar-refractivity contribution in [3.05, 3.63) is 48.1 Å². The van der Waals surface area contributed by atoms with Crippen LogP contribution in [0.5, 0.6) is 0 Å². The largest absolute Gasteiger partial charge is 0.343 e. The average Bonchev–Trinajstić information content (AvgIpc) is 2.83. The van der Waals surface area contributed by atoms with E-state index < -0.39 is 0 Å². The summed E-state index contributed by atoms with van der Waals surface area (Å²) in [5.41, 5.74) is 7.27. The zero-order valence-electron chi connectivity index (χ0n) is 9.21. The van der Waals surface area contributed by atoms with Crippen molar-refractivity contribution in [2.45, 2.75) is 25.3 Å². The van der Waals surface area contributed by atoms with Crippen LogP contribution in [0.4, 0.5) is 0 Å². The van der Waals surface area contributed by atoms with Crippen molar-refractivity contribution < 1.29 is 4.52 Å². The van der Waals surface area contributed by atoms with Crippen LogP contribution in [0, 0.1) is 0 Å². The van der Waals surface area contributed by atoms with Crippen LogP contribution in [0.3, 0.4) is 0 Å². The average molecular weight is 217 g/mol. The second-order valence-electron chi connectivity index (χ2n) is 3.94. The fourth-order valence-corrected chi connectivity index (χ4v) is 1.75. The Morgan fingerprint density at radius 2 is 2.06 bits per heavy atom. The van der Waals surface area contributed by atoms with E-state index in [9.17, 15) is 0 Å². The van der Waals surface area contributed by atoms with Crippen LogP contribution >= 0.6 is 0 Å². The Bertz CT molecular complexity index is 413. The van der Waals surface area contributed by atoms with E-state index in [0.29, 0.717) is 11.7 Å². The van der Waals surface area contributed by atoms with Crippen molar-refractivity contribution in [3.8, 4) is 0 Å². The number of aromatic nitrogens is 2. The molecular weight excluding hydrogens is 202 g/mol. The smallest absolute Gasteiger partial charge is 0.213 e. The molecule has 1 heterocycles. The topological polar surface area (TPSA) is 64.9 Å². The third kappa shape index (κ3) is 2.46. The molecule has 2 unspecified atom stereocenters. The molecule has 84 valence electrons. The van der Waals surface area contributed by atoms with E-state index in [-0.39, 0.29) is 6.04 Å². The SMILES string of the molecule is CC(CC(N)c1ncon1)c1ccccc1. The maximum atomic E-state index is 5.99. The molecule has 2 N–H and O–H groups in total. The molecule has 2 aromatic rings. The third-order valence-corrected chi connectivity index (χ3v) is 2.69.